The van der Waals surface area contributed by atoms with E-state index in [0.717, 1.165) is 11.0 Å². The number of unbranched alkanes of at least 4 members (excludes halogenated alkanes) is 15. The molecule has 0 amide bonds. The first kappa shape index (κ1) is 24.9. The predicted octanol–water partition coefficient (Wildman–Crippen LogP) is 6.71. The van der Waals surface area contributed by atoms with Gasteiger partial charge in [-0.05, 0) is 19.8 Å². The van der Waals surface area contributed by atoms with Crippen LogP contribution in [0.1, 0.15) is 117 Å². The zero-order chi connectivity index (χ0) is 18.8. The molecule has 1 unspecified atom stereocenters. The largest absolute Gasteiger partial charge is 0.388 e. The molecule has 0 radical (unpaired) electrons. The molecule has 0 aliphatic carbocycles. The van der Waals surface area contributed by atoms with Crippen molar-refractivity contribution in [1.29, 1.82) is 0 Å². The lowest BCUT2D eigenvalue weighted by atomic mass is 10.0. The summed E-state index contributed by atoms with van der Waals surface area (Å²) in [4.78, 5) is 0. The first-order valence-corrected chi connectivity index (χ1v) is 11.5. The summed E-state index contributed by atoms with van der Waals surface area (Å²) < 4.78 is 0.955. The van der Waals surface area contributed by atoms with Crippen LogP contribution in [-0.2, 0) is 0 Å². The standard InChI is InChI=1S/C23H50NO/c1-5-6-7-8-9-10-11-12-13-14-15-16-17-18-19-20-21-24(3,4)22-23(2)25/h23,25H,5-22H2,1-4H3/q+1. The lowest BCUT2D eigenvalue weighted by Gasteiger charge is -2.31. The maximum atomic E-state index is 9.51. The van der Waals surface area contributed by atoms with Crippen LogP contribution >= 0.6 is 0 Å². The van der Waals surface area contributed by atoms with Crippen LogP contribution in [0.3, 0.4) is 0 Å². The molecule has 0 bridgehead atoms. The number of likely N-dealkylation sites (N-methyl/N-ethyl adjacent to an activating group) is 1. The van der Waals surface area contributed by atoms with Crippen molar-refractivity contribution in [3.8, 4) is 0 Å². The van der Waals surface area contributed by atoms with Gasteiger partial charge in [-0.15, -0.1) is 0 Å². The highest BCUT2D eigenvalue weighted by molar-refractivity contribution is 4.50. The number of quaternary nitrogens is 1. The molecule has 0 heterocycles. The first-order chi connectivity index (χ1) is 12.0. The van der Waals surface area contributed by atoms with Crippen molar-refractivity contribution in [3.63, 3.8) is 0 Å². The van der Waals surface area contributed by atoms with E-state index in [2.05, 4.69) is 21.0 Å². The van der Waals surface area contributed by atoms with Gasteiger partial charge in [0.05, 0.1) is 20.6 Å². The van der Waals surface area contributed by atoms with Crippen LogP contribution in [0.15, 0.2) is 0 Å². The second kappa shape index (κ2) is 17.3. The molecule has 0 aromatic carbocycles. The van der Waals surface area contributed by atoms with Crippen LogP contribution in [-0.4, -0.2) is 42.9 Å². The Kier molecular flexibility index (Phi) is 17.3. The van der Waals surface area contributed by atoms with E-state index < -0.39 is 0 Å². The van der Waals surface area contributed by atoms with Gasteiger partial charge in [0.2, 0.25) is 0 Å². The molecule has 25 heavy (non-hydrogen) atoms. The minimum atomic E-state index is -0.184. The summed E-state index contributed by atoms with van der Waals surface area (Å²) in [6.07, 6.45) is 22.6. The molecule has 152 valence electrons. The van der Waals surface area contributed by atoms with Crippen LogP contribution in [0, 0.1) is 0 Å². The quantitative estimate of drug-likeness (QED) is 0.201. The SMILES string of the molecule is CCCCCCCCCCCCCCCCCC[N+](C)(C)CC(C)O. The van der Waals surface area contributed by atoms with Crippen molar-refractivity contribution in [2.45, 2.75) is 123 Å². The summed E-state index contributed by atoms with van der Waals surface area (Å²) in [6, 6.07) is 0. The van der Waals surface area contributed by atoms with E-state index >= 15 is 0 Å². The maximum absolute atomic E-state index is 9.51. The zero-order valence-electron chi connectivity index (χ0n) is 18.2. The Morgan fingerprint density at radius 1 is 0.600 bits per heavy atom. The van der Waals surface area contributed by atoms with Gasteiger partial charge < -0.3 is 9.59 Å². The number of hydrogen-bond donors (Lipinski definition) is 1. The average Bonchev–Trinajstić information content (AvgIpc) is 2.53. The zero-order valence-corrected chi connectivity index (χ0v) is 18.2. The molecule has 0 aromatic rings. The van der Waals surface area contributed by atoms with Gasteiger partial charge in [-0.3, -0.25) is 0 Å². The fourth-order valence-corrected chi connectivity index (χ4v) is 3.89. The third-order valence-electron chi connectivity index (χ3n) is 5.38. The molecule has 0 saturated heterocycles. The summed E-state index contributed by atoms with van der Waals surface area (Å²) >= 11 is 0. The van der Waals surface area contributed by atoms with E-state index in [0.29, 0.717) is 0 Å². The third kappa shape index (κ3) is 20.1. The Balaban J connectivity index is 3.17. The minimum absolute atomic E-state index is 0.184. The van der Waals surface area contributed by atoms with Gasteiger partial charge in [-0.25, -0.2) is 0 Å². The Bertz CT molecular complexity index is 263. The second-order valence-corrected chi connectivity index (χ2v) is 8.99. The normalized spacial score (nSPS) is 13.3. The highest BCUT2D eigenvalue weighted by atomic mass is 16.3. The minimum Gasteiger partial charge on any atom is -0.388 e. The lowest BCUT2D eigenvalue weighted by Crippen LogP contribution is -2.45. The third-order valence-corrected chi connectivity index (χ3v) is 5.38. The molecule has 0 aliphatic rings. The molecule has 2 nitrogen and oxygen atoms in total. The predicted molar refractivity (Wildman–Crippen MR) is 113 cm³/mol. The molecule has 0 spiro atoms. The first-order valence-electron chi connectivity index (χ1n) is 11.5. The fraction of sp³-hybridized carbons (Fsp3) is 1.00. The van der Waals surface area contributed by atoms with E-state index in [9.17, 15) is 5.11 Å². The van der Waals surface area contributed by atoms with Crippen molar-refractivity contribution < 1.29 is 9.59 Å². The topological polar surface area (TPSA) is 20.2 Å². The van der Waals surface area contributed by atoms with Gasteiger partial charge in [-0.2, -0.15) is 0 Å². The number of aliphatic hydroxyl groups is 1. The van der Waals surface area contributed by atoms with E-state index in [4.69, 9.17) is 0 Å². The monoisotopic (exact) mass is 356 g/mol. The van der Waals surface area contributed by atoms with E-state index in [1.165, 1.54) is 109 Å². The molecule has 1 N–H and O–H groups in total. The molecule has 0 aliphatic heterocycles. The smallest absolute Gasteiger partial charge is 0.104 e. The van der Waals surface area contributed by atoms with Crippen LogP contribution in [0.5, 0.6) is 0 Å². The summed E-state index contributed by atoms with van der Waals surface area (Å²) in [7, 11) is 4.47. The molecule has 1 atom stereocenters. The van der Waals surface area contributed by atoms with Crippen molar-refractivity contribution in [1.82, 2.24) is 0 Å². The Labute approximate surface area is 160 Å². The van der Waals surface area contributed by atoms with Gasteiger partial charge in [0, 0.05) is 0 Å². The average molecular weight is 357 g/mol. The van der Waals surface area contributed by atoms with Gasteiger partial charge in [-0.1, -0.05) is 96.8 Å². The number of hydrogen-bond acceptors (Lipinski definition) is 1. The molecule has 0 saturated carbocycles. The highest BCUT2D eigenvalue weighted by Gasteiger charge is 2.16. The summed E-state index contributed by atoms with van der Waals surface area (Å²) in [5, 5.41) is 9.51. The van der Waals surface area contributed by atoms with E-state index in [1.54, 1.807) is 0 Å². The molecule has 0 aromatic heterocycles. The van der Waals surface area contributed by atoms with Crippen LogP contribution in [0.4, 0.5) is 0 Å². The van der Waals surface area contributed by atoms with Crippen LogP contribution in [0.25, 0.3) is 0 Å². The molecular weight excluding hydrogens is 306 g/mol. The van der Waals surface area contributed by atoms with Gasteiger partial charge >= 0.3 is 0 Å². The summed E-state index contributed by atoms with van der Waals surface area (Å²) in [6.45, 7) is 6.26. The van der Waals surface area contributed by atoms with Crippen molar-refractivity contribution in [3.05, 3.63) is 0 Å². The van der Waals surface area contributed by atoms with Crippen LogP contribution < -0.4 is 0 Å². The summed E-state index contributed by atoms with van der Waals surface area (Å²) in [5.41, 5.74) is 0. The number of nitrogens with zero attached hydrogens (tertiary/aromatic N) is 1. The van der Waals surface area contributed by atoms with E-state index in [-0.39, 0.29) is 6.10 Å². The molecule has 0 fully saturated rings. The van der Waals surface area contributed by atoms with Crippen molar-refractivity contribution in [2.75, 3.05) is 27.2 Å². The molecular formula is C23H50NO+. The number of rotatable bonds is 19. The Hall–Kier alpha value is -0.0800. The van der Waals surface area contributed by atoms with Crippen molar-refractivity contribution in [2.24, 2.45) is 0 Å². The molecule has 0 rings (SSSR count). The number of aliphatic hydroxyl groups excluding tert-OH is 1. The summed E-state index contributed by atoms with van der Waals surface area (Å²) in [5.74, 6) is 0. The van der Waals surface area contributed by atoms with E-state index in [1.807, 2.05) is 6.92 Å². The van der Waals surface area contributed by atoms with Crippen molar-refractivity contribution >= 4 is 0 Å². The second-order valence-electron chi connectivity index (χ2n) is 8.99. The lowest BCUT2D eigenvalue weighted by molar-refractivity contribution is -0.893. The van der Waals surface area contributed by atoms with Gasteiger partial charge in [0.1, 0.15) is 12.6 Å². The fourth-order valence-electron chi connectivity index (χ4n) is 3.89. The Morgan fingerprint density at radius 3 is 1.24 bits per heavy atom. The van der Waals surface area contributed by atoms with Gasteiger partial charge in [0.15, 0.2) is 0 Å². The van der Waals surface area contributed by atoms with Gasteiger partial charge in [0.25, 0.3) is 0 Å². The highest BCUT2D eigenvalue weighted by Crippen LogP contribution is 2.14. The van der Waals surface area contributed by atoms with Crippen LogP contribution in [0.2, 0.25) is 0 Å². The molecule has 2 heteroatoms. The Morgan fingerprint density at radius 2 is 0.920 bits per heavy atom. The maximum Gasteiger partial charge on any atom is 0.104 e.